The number of nitrogens with one attached hydrogen (secondary N) is 1. The van der Waals surface area contributed by atoms with E-state index in [4.69, 9.17) is 5.73 Å². The Labute approximate surface area is 138 Å². The minimum atomic E-state index is -0.308. The van der Waals surface area contributed by atoms with Crippen molar-refractivity contribution in [2.75, 3.05) is 5.32 Å². The molecule has 0 spiro atoms. The lowest BCUT2D eigenvalue weighted by molar-refractivity contribution is -0.120. The van der Waals surface area contributed by atoms with E-state index >= 15 is 0 Å². The molecule has 0 heterocycles. The number of anilines is 1. The van der Waals surface area contributed by atoms with E-state index in [1.807, 2.05) is 63.2 Å². The lowest BCUT2D eigenvalue weighted by Gasteiger charge is -2.20. The summed E-state index contributed by atoms with van der Waals surface area (Å²) in [6.45, 7) is 5.88. The molecule has 3 N–H and O–H groups in total. The lowest BCUT2D eigenvalue weighted by atomic mass is 9.94. The minimum absolute atomic E-state index is 0. The van der Waals surface area contributed by atoms with Gasteiger partial charge in [-0.25, -0.2) is 0 Å². The Balaban J connectivity index is 0.00000242. The maximum Gasteiger partial charge on any atom is 0.229 e. The average Bonchev–Trinajstić information content (AvgIpc) is 2.49. The van der Waals surface area contributed by atoms with E-state index in [-0.39, 0.29) is 30.3 Å². The first-order valence-electron chi connectivity index (χ1n) is 7.17. The van der Waals surface area contributed by atoms with Crippen LogP contribution in [0.15, 0.2) is 48.5 Å². The summed E-state index contributed by atoms with van der Waals surface area (Å²) in [5, 5.41) is 2.97. The van der Waals surface area contributed by atoms with Crippen molar-refractivity contribution in [3.63, 3.8) is 0 Å². The molecule has 22 heavy (non-hydrogen) atoms. The number of nitrogens with two attached hydrogens (primary N) is 1. The normalized spacial score (nSPS) is 12.9. The summed E-state index contributed by atoms with van der Waals surface area (Å²) in [5.74, 6) is -0.355. The monoisotopic (exact) mass is 318 g/mol. The third-order valence-electron chi connectivity index (χ3n) is 3.78. The Hall–Kier alpha value is -1.84. The second kappa shape index (κ2) is 7.97. The van der Waals surface area contributed by atoms with Crippen LogP contribution in [-0.4, -0.2) is 5.91 Å². The van der Waals surface area contributed by atoms with Crippen LogP contribution in [0.4, 0.5) is 5.69 Å². The topological polar surface area (TPSA) is 55.1 Å². The fourth-order valence-corrected chi connectivity index (χ4v) is 2.33. The molecule has 2 aromatic rings. The Bertz CT molecular complexity index is 628. The number of carbonyl (C=O) groups excluding carboxylic acids is 1. The van der Waals surface area contributed by atoms with Crippen LogP contribution in [0.3, 0.4) is 0 Å². The SMILES string of the molecule is Cc1ccc(NC(=O)C(C)C(N)c2ccccc2)c(C)c1.Cl. The predicted octanol–water partition coefficient (Wildman–Crippen LogP) is 4.00. The summed E-state index contributed by atoms with van der Waals surface area (Å²) in [4.78, 5) is 12.4. The standard InChI is InChI=1S/C18H22N2O.ClH/c1-12-9-10-16(13(2)11-12)20-18(21)14(3)17(19)15-7-5-4-6-8-15;/h4-11,14,17H,19H2,1-3H3,(H,20,21);1H. The molecule has 118 valence electrons. The Kier molecular flexibility index (Phi) is 6.60. The van der Waals surface area contributed by atoms with Gasteiger partial charge in [0, 0.05) is 11.7 Å². The van der Waals surface area contributed by atoms with Gasteiger partial charge in [-0.2, -0.15) is 0 Å². The van der Waals surface area contributed by atoms with Crippen molar-refractivity contribution < 1.29 is 4.79 Å². The maximum absolute atomic E-state index is 12.4. The summed E-state index contributed by atoms with van der Waals surface area (Å²) >= 11 is 0. The van der Waals surface area contributed by atoms with E-state index in [1.165, 1.54) is 5.56 Å². The van der Waals surface area contributed by atoms with Crippen molar-refractivity contribution in [2.24, 2.45) is 11.7 Å². The van der Waals surface area contributed by atoms with Gasteiger partial charge >= 0.3 is 0 Å². The fourth-order valence-electron chi connectivity index (χ4n) is 2.33. The van der Waals surface area contributed by atoms with Crippen LogP contribution in [0.25, 0.3) is 0 Å². The van der Waals surface area contributed by atoms with Gasteiger partial charge in [-0.15, -0.1) is 12.4 Å². The number of amides is 1. The zero-order valence-corrected chi connectivity index (χ0v) is 14.0. The van der Waals surface area contributed by atoms with E-state index in [2.05, 4.69) is 11.4 Å². The maximum atomic E-state index is 12.4. The first-order valence-corrected chi connectivity index (χ1v) is 7.17. The molecule has 1 amide bonds. The van der Waals surface area contributed by atoms with Gasteiger partial charge < -0.3 is 11.1 Å². The minimum Gasteiger partial charge on any atom is -0.326 e. The van der Waals surface area contributed by atoms with Crippen molar-refractivity contribution in [2.45, 2.75) is 26.8 Å². The van der Waals surface area contributed by atoms with E-state index in [1.54, 1.807) is 0 Å². The van der Waals surface area contributed by atoms with E-state index in [9.17, 15) is 4.79 Å². The molecule has 2 atom stereocenters. The molecule has 0 saturated carbocycles. The summed E-state index contributed by atoms with van der Waals surface area (Å²) in [7, 11) is 0. The van der Waals surface area contributed by atoms with E-state index in [0.29, 0.717) is 0 Å². The van der Waals surface area contributed by atoms with Crippen molar-refractivity contribution in [1.29, 1.82) is 0 Å². The van der Waals surface area contributed by atoms with E-state index in [0.717, 1.165) is 16.8 Å². The van der Waals surface area contributed by atoms with Crippen LogP contribution in [-0.2, 0) is 4.79 Å². The molecule has 3 nitrogen and oxygen atoms in total. The number of hydrogen-bond acceptors (Lipinski definition) is 2. The van der Waals surface area contributed by atoms with Crippen LogP contribution in [0.2, 0.25) is 0 Å². The van der Waals surface area contributed by atoms with Crippen LogP contribution >= 0.6 is 12.4 Å². The van der Waals surface area contributed by atoms with Crippen molar-refractivity contribution in [3.8, 4) is 0 Å². The van der Waals surface area contributed by atoms with Gasteiger partial charge in [-0.1, -0.05) is 55.0 Å². The molecule has 0 bridgehead atoms. The number of benzene rings is 2. The zero-order valence-electron chi connectivity index (χ0n) is 13.2. The van der Waals surface area contributed by atoms with Crippen LogP contribution in [0, 0.1) is 19.8 Å². The van der Waals surface area contributed by atoms with Crippen molar-refractivity contribution in [3.05, 3.63) is 65.2 Å². The highest BCUT2D eigenvalue weighted by molar-refractivity contribution is 5.93. The largest absolute Gasteiger partial charge is 0.326 e. The predicted molar refractivity (Wildman–Crippen MR) is 94.3 cm³/mol. The van der Waals surface area contributed by atoms with Gasteiger partial charge in [-0.3, -0.25) is 4.79 Å². The van der Waals surface area contributed by atoms with Gasteiger partial charge in [-0.05, 0) is 31.0 Å². The molecule has 4 heteroatoms. The molecular formula is C18H23ClN2O. The number of halogens is 1. The molecule has 2 aromatic carbocycles. The molecule has 0 aromatic heterocycles. The summed E-state index contributed by atoms with van der Waals surface area (Å²) < 4.78 is 0. The number of hydrogen-bond donors (Lipinski definition) is 2. The lowest BCUT2D eigenvalue weighted by Crippen LogP contribution is -2.30. The highest BCUT2D eigenvalue weighted by atomic mass is 35.5. The smallest absolute Gasteiger partial charge is 0.229 e. The molecule has 2 rings (SSSR count). The zero-order chi connectivity index (χ0) is 15.4. The summed E-state index contributed by atoms with van der Waals surface area (Å²) in [6, 6.07) is 15.4. The summed E-state index contributed by atoms with van der Waals surface area (Å²) in [5.41, 5.74) is 10.3. The van der Waals surface area contributed by atoms with Gasteiger partial charge in [0.2, 0.25) is 5.91 Å². The molecule has 0 radical (unpaired) electrons. The highest BCUT2D eigenvalue weighted by Gasteiger charge is 2.22. The third-order valence-corrected chi connectivity index (χ3v) is 3.78. The number of aryl methyl sites for hydroxylation is 2. The molecule has 0 aliphatic carbocycles. The number of carbonyl (C=O) groups is 1. The molecule has 0 saturated heterocycles. The van der Waals surface area contributed by atoms with Crippen molar-refractivity contribution >= 4 is 24.0 Å². The van der Waals surface area contributed by atoms with Crippen molar-refractivity contribution in [1.82, 2.24) is 0 Å². The molecule has 0 aliphatic rings. The Morgan fingerprint density at radius 1 is 1.09 bits per heavy atom. The van der Waals surface area contributed by atoms with Crippen LogP contribution in [0.1, 0.15) is 29.7 Å². The molecule has 0 fully saturated rings. The van der Waals surface area contributed by atoms with Gasteiger partial charge in [0.1, 0.15) is 0 Å². The van der Waals surface area contributed by atoms with Gasteiger partial charge in [0.05, 0.1) is 5.92 Å². The van der Waals surface area contributed by atoms with Gasteiger partial charge in [0.15, 0.2) is 0 Å². The van der Waals surface area contributed by atoms with Gasteiger partial charge in [0.25, 0.3) is 0 Å². The number of rotatable bonds is 4. The Morgan fingerprint density at radius 2 is 1.73 bits per heavy atom. The first-order chi connectivity index (χ1) is 9.99. The highest BCUT2D eigenvalue weighted by Crippen LogP contribution is 2.22. The molecule has 2 unspecified atom stereocenters. The van der Waals surface area contributed by atoms with Crippen LogP contribution < -0.4 is 11.1 Å². The second-order valence-corrected chi connectivity index (χ2v) is 5.53. The quantitative estimate of drug-likeness (QED) is 0.895. The average molecular weight is 319 g/mol. The first kappa shape index (κ1) is 18.2. The fraction of sp³-hybridized carbons (Fsp3) is 0.278. The van der Waals surface area contributed by atoms with Crippen LogP contribution in [0.5, 0.6) is 0 Å². The Morgan fingerprint density at radius 3 is 2.32 bits per heavy atom. The third kappa shape index (κ3) is 4.33. The summed E-state index contributed by atoms with van der Waals surface area (Å²) in [6.07, 6.45) is 0. The van der Waals surface area contributed by atoms with E-state index < -0.39 is 0 Å². The molecular weight excluding hydrogens is 296 g/mol. The second-order valence-electron chi connectivity index (χ2n) is 5.53. The molecule has 0 aliphatic heterocycles.